The molecule has 0 radical (unpaired) electrons. The first-order chi connectivity index (χ1) is 46.1. The molecule has 93 heavy (non-hydrogen) atoms. The fourth-order valence-electron chi connectivity index (χ4n) is 15.0. The first kappa shape index (κ1) is 55.0. The highest BCUT2D eigenvalue weighted by atomic mass is 32.2. The number of para-hydroxylation sites is 5. The van der Waals surface area contributed by atoms with Crippen LogP contribution < -0.4 is 52.4 Å². The molecule has 0 spiro atoms. The van der Waals surface area contributed by atoms with Crippen molar-refractivity contribution in [3.63, 3.8) is 0 Å². The minimum atomic E-state index is -0.146. The van der Waals surface area contributed by atoms with E-state index in [-0.39, 0.29) is 13.4 Å². The number of aryl methyl sites for hydroxylation is 1. The summed E-state index contributed by atoms with van der Waals surface area (Å²) in [7, 11) is 0. The Labute approximate surface area is 552 Å². The predicted octanol–water partition coefficient (Wildman–Crippen LogP) is 19.5. The molecule has 0 N–H and O–H groups in total. The molecule has 18 rings (SSSR count). The van der Waals surface area contributed by atoms with Crippen molar-refractivity contribution < 1.29 is 0 Å². The summed E-state index contributed by atoms with van der Waals surface area (Å²) < 4.78 is 0. The van der Waals surface area contributed by atoms with Gasteiger partial charge in [-0.05, 0) is 165 Å². The lowest BCUT2D eigenvalue weighted by Gasteiger charge is -2.46. The average Bonchev–Trinajstić information content (AvgIpc) is 0.708. The molecule has 0 unspecified atom stereocenters. The molecule has 4 nitrogen and oxygen atoms in total. The molecule has 0 saturated carbocycles. The van der Waals surface area contributed by atoms with Gasteiger partial charge < -0.3 is 19.6 Å². The van der Waals surface area contributed by atoms with Crippen molar-refractivity contribution in [1.82, 2.24) is 0 Å². The summed E-state index contributed by atoms with van der Waals surface area (Å²) >= 11 is 3.84. The molecule has 4 heterocycles. The fraction of sp³-hybridized carbons (Fsp3) is 0.0118. The molecule has 0 aliphatic carbocycles. The number of rotatable bonds is 11. The van der Waals surface area contributed by atoms with Gasteiger partial charge in [0, 0.05) is 82.0 Å². The van der Waals surface area contributed by atoms with Crippen LogP contribution in [0.15, 0.2) is 353 Å². The van der Waals surface area contributed by atoms with Crippen molar-refractivity contribution in [3.05, 3.63) is 339 Å². The van der Waals surface area contributed by atoms with E-state index in [1.54, 1.807) is 0 Å². The maximum atomic E-state index is 2.68. The highest BCUT2D eigenvalue weighted by Gasteiger charge is 2.47. The summed E-state index contributed by atoms with van der Waals surface area (Å²) in [4.78, 5) is 15.3. The van der Waals surface area contributed by atoms with E-state index in [9.17, 15) is 0 Å². The Morgan fingerprint density at radius 1 is 0.269 bits per heavy atom. The van der Waals surface area contributed by atoms with Gasteiger partial charge in [0.05, 0.1) is 11.4 Å². The Kier molecular flexibility index (Phi) is 13.5. The van der Waals surface area contributed by atoms with E-state index in [0.717, 1.165) is 68.0 Å². The third-order valence-electron chi connectivity index (χ3n) is 19.0. The molecule has 436 valence electrons. The monoisotopic (exact) mass is 1220 g/mol. The van der Waals surface area contributed by atoms with E-state index in [2.05, 4.69) is 360 Å². The van der Waals surface area contributed by atoms with Crippen LogP contribution in [0.25, 0.3) is 33.4 Å². The van der Waals surface area contributed by atoms with Crippen LogP contribution in [0.5, 0.6) is 0 Å². The second kappa shape index (κ2) is 22.8. The lowest BCUT2D eigenvalue weighted by atomic mass is 9.31. The van der Waals surface area contributed by atoms with Gasteiger partial charge in [-0.3, -0.25) is 0 Å². The van der Waals surface area contributed by atoms with Crippen molar-refractivity contribution in [1.29, 1.82) is 0 Å². The summed E-state index contributed by atoms with van der Waals surface area (Å²) in [6, 6.07) is 124. The summed E-state index contributed by atoms with van der Waals surface area (Å²) in [5.74, 6) is 0. The highest BCUT2D eigenvalue weighted by Crippen LogP contribution is 2.53. The number of fused-ring (bicyclic) bond motifs is 8. The number of hydrogen-bond acceptors (Lipinski definition) is 6. The van der Waals surface area contributed by atoms with Gasteiger partial charge in [0.15, 0.2) is 0 Å². The molecular weight excluding hydrogens is 1160 g/mol. The maximum Gasteiger partial charge on any atom is 0.252 e. The predicted molar refractivity (Wildman–Crippen MR) is 397 cm³/mol. The molecule has 4 aliphatic rings. The second-order valence-corrected chi connectivity index (χ2v) is 26.6. The molecule has 0 fully saturated rings. The lowest BCUT2D eigenvalue weighted by molar-refractivity contribution is 1.21. The first-order valence-electron chi connectivity index (χ1n) is 32.0. The minimum absolute atomic E-state index is 0.00637. The van der Waals surface area contributed by atoms with E-state index in [1.807, 2.05) is 23.5 Å². The standard InChI is InChI=1S/C85H58B2N4S2/c1-57-26-24-41-70(61-31-12-4-13-32-61)85(57)91-76-56-80-74(87-72-43-21-23-45-79(72)92-81-53-69(54-82(93-80)84(81)87)88(63-34-14-5-15-35-63)64-36-16-6-17-37-64)55-73(76)86-71-42-20-22-44-75(71)90(65-38-18-7-19-39-65)77-51-68(52-78(91)83(77)86)89(66-48-46-60(47-49-66)58-27-8-2-9-28-58)67-40-25-33-62(50-67)59-29-10-3-11-30-59/h2-56H,1H3. The highest BCUT2D eigenvalue weighted by molar-refractivity contribution is 8.01. The largest absolute Gasteiger partial charge is 0.311 e. The quantitative estimate of drug-likeness (QED) is 0.119. The van der Waals surface area contributed by atoms with Crippen molar-refractivity contribution in [2.75, 3.05) is 19.6 Å². The van der Waals surface area contributed by atoms with Crippen LogP contribution in [0, 0.1) is 6.92 Å². The maximum absolute atomic E-state index is 2.68. The van der Waals surface area contributed by atoms with Crippen LogP contribution in [0.4, 0.5) is 68.2 Å². The third kappa shape index (κ3) is 9.34. The molecule has 14 aromatic carbocycles. The second-order valence-electron chi connectivity index (χ2n) is 24.4. The molecule has 8 heteroatoms. The first-order valence-corrected chi connectivity index (χ1v) is 33.6. The molecule has 0 saturated heterocycles. The van der Waals surface area contributed by atoms with Crippen molar-refractivity contribution in [2.45, 2.75) is 26.5 Å². The third-order valence-corrected chi connectivity index (χ3v) is 21.3. The van der Waals surface area contributed by atoms with Gasteiger partial charge in [-0.1, -0.05) is 265 Å². The van der Waals surface area contributed by atoms with E-state index < -0.39 is 0 Å². The molecule has 0 aromatic heterocycles. The number of nitrogens with zero attached hydrogens (tertiary/aromatic N) is 4. The van der Waals surface area contributed by atoms with Gasteiger partial charge in [0.1, 0.15) is 0 Å². The van der Waals surface area contributed by atoms with Crippen molar-refractivity contribution in [2.24, 2.45) is 0 Å². The van der Waals surface area contributed by atoms with Crippen LogP contribution in [0.3, 0.4) is 0 Å². The molecule has 0 amide bonds. The molecule has 4 aliphatic heterocycles. The van der Waals surface area contributed by atoms with Gasteiger partial charge in [0.25, 0.3) is 6.71 Å². The summed E-state index contributed by atoms with van der Waals surface area (Å²) in [6.07, 6.45) is 0. The van der Waals surface area contributed by atoms with Gasteiger partial charge in [-0.25, -0.2) is 0 Å². The smallest absolute Gasteiger partial charge is 0.252 e. The Morgan fingerprint density at radius 2 is 0.753 bits per heavy atom. The van der Waals surface area contributed by atoms with Crippen LogP contribution >= 0.6 is 23.5 Å². The zero-order chi connectivity index (χ0) is 61.5. The van der Waals surface area contributed by atoms with Crippen molar-refractivity contribution in [3.8, 4) is 33.4 Å². The number of anilines is 12. The fourth-order valence-corrected chi connectivity index (χ4v) is 17.4. The zero-order valence-corrected chi connectivity index (χ0v) is 52.6. The Morgan fingerprint density at radius 3 is 1.43 bits per heavy atom. The Hall–Kier alpha value is -10.9. The van der Waals surface area contributed by atoms with Crippen LogP contribution in [0.1, 0.15) is 5.56 Å². The van der Waals surface area contributed by atoms with E-state index >= 15 is 0 Å². The molecule has 14 aromatic rings. The topological polar surface area (TPSA) is 13.0 Å². The number of hydrogen-bond donors (Lipinski definition) is 0. The number of benzene rings is 14. The van der Waals surface area contributed by atoms with Crippen LogP contribution in [-0.2, 0) is 0 Å². The van der Waals surface area contributed by atoms with Crippen LogP contribution in [0.2, 0.25) is 0 Å². The van der Waals surface area contributed by atoms with Gasteiger partial charge in [-0.2, -0.15) is 0 Å². The van der Waals surface area contributed by atoms with E-state index in [0.29, 0.717) is 0 Å². The summed E-state index contributed by atoms with van der Waals surface area (Å²) in [5, 5.41) is 0. The van der Waals surface area contributed by atoms with Crippen molar-refractivity contribution >= 4 is 138 Å². The van der Waals surface area contributed by atoms with Crippen LogP contribution in [-0.4, -0.2) is 13.4 Å². The van der Waals surface area contributed by atoms with Gasteiger partial charge in [0.2, 0.25) is 6.71 Å². The average molecular weight is 1220 g/mol. The van der Waals surface area contributed by atoms with E-state index in [1.165, 1.54) is 91.6 Å². The molecule has 0 bridgehead atoms. The lowest BCUT2D eigenvalue weighted by Crippen LogP contribution is -2.64. The Balaban J connectivity index is 0.928. The normalized spacial score (nSPS) is 12.8. The SMILES string of the molecule is Cc1cccc(-c2ccccc2)c1N1c2cc3c(cc2B2c4ccccc4N(c4ccccc4)c4cc(N(c5ccc(-c6ccccc6)cc5)c5cccc(-c6ccccc6)c5)cc1c42)B1c2ccccc2Sc2cc(N(c4ccccc4)c4ccccc4)cc(c21)S3. The minimum Gasteiger partial charge on any atom is -0.311 e. The van der Waals surface area contributed by atoms with Gasteiger partial charge >= 0.3 is 0 Å². The van der Waals surface area contributed by atoms with Gasteiger partial charge in [-0.15, -0.1) is 0 Å². The summed E-state index contributed by atoms with van der Waals surface area (Å²) in [5.41, 5.74) is 29.5. The summed E-state index contributed by atoms with van der Waals surface area (Å²) in [6.45, 7) is 2.15. The van der Waals surface area contributed by atoms with E-state index in [4.69, 9.17) is 0 Å². The zero-order valence-electron chi connectivity index (χ0n) is 51.0. The molecule has 0 atom stereocenters. The molecular formula is C85H58B2N4S2. The Bertz CT molecular complexity index is 5150.